The van der Waals surface area contributed by atoms with Crippen molar-refractivity contribution in [2.45, 2.75) is 57.1 Å². The van der Waals surface area contributed by atoms with Gasteiger partial charge in [0.2, 0.25) is 5.91 Å². The molecule has 0 aromatic carbocycles. The molecule has 18 heavy (non-hydrogen) atoms. The molecule has 0 bridgehead atoms. The van der Waals surface area contributed by atoms with E-state index in [2.05, 4.69) is 0 Å². The summed E-state index contributed by atoms with van der Waals surface area (Å²) in [7, 11) is 0. The molecule has 0 aromatic rings. The Morgan fingerprint density at radius 1 is 1.17 bits per heavy atom. The summed E-state index contributed by atoms with van der Waals surface area (Å²) < 4.78 is 0. The standard InChI is InChI=1S/C13H21NO4/c15-10-7-11(13(17)18)14(8-10)12(16)6-9-4-2-1-3-5-9/h9-11,15H,1-8H2,(H,17,18)/t10-,11-/m1/s1. The van der Waals surface area contributed by atoms with E-state index >= 15 is 0 Å². The Hall–Kier alpha value is -1.10. The number of nitrogens with zero attached hydrogens (tertiary/aromatic N) is 1. The number of carbonyl (C=O) groups is 2. The van der Waals surface area contributed by atoms with Crippen molar-refractivity contribution in [3.8, 4) is 0 Å². The monoisotopic (exact) mass is 255 g/mol. The van der Waals surface area contributed by atoms with E-state index in [9.17, 15) is 14.7 Å². The highest BCUT2D eigenvalue weighted by Gasteiger charge is 2.39. The van der Waals surface area contributed by atoms with Gasteiger partial charge in [0.1, 0.15) is 6.04 Å². The molecule has 1 aliphatic carbocycles. The summed E-state index contributed by atoms with van der Waals surface area (Å²) in [4.78, 5) is 24.5. The Morgan fingerprint density at radius 3 is 2.44 bits per heavy atom. The van der Waals surface area contributed by atoms with Crippen molar-refractivity contribution in [1.82, 2.24) is 4.90 Å². The lowest BCUT2D eigenvalue weighted by molar-refractivity contribution is -0.148. The van der Waals surface area contributed by atoms with Gasteiger partial charge in [-0.25, -0.2) is 4.79 Å². The number of likely N-dealkylation sites (tertiary alicyclic amines) is 1. The molecule has 1 aliphatic heterocycles. The van der Waals surface area contributed by atoms with Gasteiger partial charge in [0, 0.05) is 19.4 Å². The topological polar surface area (TPSA) is 77.8 Å². The van der Waals surface area contributed by atoms with Crippen molar-refractivity contribution in [2.75, 3.05) is 6.54 Å². The fraction of sp³-hybridized carbons (Fsp3) is 0.846. The third kappa shape index (κ3) is 3.02. The Bertz CT molecular complexity index is 325. The van der Waals surface area contributed by atoms with E-state index in [1.54, 1.807) is 0 Å². The number of amides is 1. The van der Waals surface area contributed by atoms with E-state index in [4.69, 9.17) is 5.11 Å². The number of rotatable bonds is 3. The number of carboxylic acids is 1. The van der Waals surface area contributed by atoms with E-state index in [1.165, 1.54) is 24.2 Å². The summed E-state index contributed by atoms with van der Waals surface area (Å²) in [5.74, 6) is -0.715. The largest absolute Gasteiger partial charge is 0.480 e. The van der Waals surface area contributed by atoms with E-state index < -0.39 is 18.1 Å². The molecule has 5 heteroatoms. The first-order chi connectivity index (χ1) is 8.58. The van der Waals surface area contributed by atoms with Gasteiger partial charge in [-0.1, -0.05) is 19.3 Å². The third-order valence-corrected chi connectivity index (χ3v) is 4.07. The van der Waals surface area contributed by atoms with Crippen molar-refractivity contribution < 1.29 is 19.8 Å². The molecular formula is C13H21NO4. The molecule has 1 heterocycles. The maximum atomic E-state index is 12.1. The van der Waals surface area contributed by atoms with Gasteiger partial charge in [-0.05, 0) is 18.8 Å². The number of carbonyl (C=O) groups excluding carboxylic acids is 1. The minimum atomic E-state index is -1.01. The number of β-amino-alcohol motifs (C(OH)–C–C–N with tert-alkyl or cyclic N) is 1. The van der Waals surface area contributed by atoms with E-state index in [-0.39, 0.29) is 18.9 Å². The average molecular weight is 255 g/mol. The highest BCUT2D eigenvalue weighted by molar-refractivity contribution is 5.84. The van der Waals surface area contributed by atoms with Crippen molar-refractivity contribution in [3.05, 3.63) is 0 Å². The van der Waals surface area contributed by atoms with Gasteiger partial charge in [0.05, 0.1) is 6.10 Å². The van der Waals surface area contributed by atoms with Crippen LogP contribution in [0.25, 0.3) is 0 Å². The number of aliphatic hydroxyl groups is 1. The second kappa shape index (κ2) is 5.69. The van der Waals surface area contributed by atoms with Crippen LogP contribution < -0.4 is 0 Å². The van der Waals surface area contributed by atoms with Gasteiger partial charge in [-0.3, -0.25) is 4.79 Å². The minimum absolute atomic E-state index is 0.106. The molecule has 5 nitrogen and oxygen atoms in total. The molecule has 2 atom stereocenters. The van der Waals surface area contributed by atoms with Gasteiger partial charge >= 0.3 is 5.97 Å². The first kappa shape index (κ1) is 13.3. The van der Waals surface area contributed by atoms with E-state index in [0.717, 1.165) is 12.8 Å². The maximum Gasteiger partial charge on any atom is 0.326 e. The Morgan fingerprint density at radius 2 is 1.83 bits per heavy atom. The van der Waals surface area contributed by atoms with Gasteiger partial charge in [0.25, 0.3) is 0 Å². The molecule has 2 fully saturated rings. The Balaban J connectivity index is 1.92. The summed E-state index contributed by atoms with van der Waals surface area (Å²) in [6.07, 6.45) is 5.63. The van der Waals surface area contributed by atoms with Crippen LogP contribution >= 0.6 is 0 Å². The van der Waals surface area contributed by atoms with Crippen LogP contribution in [-0.2, 0) is 9.59 Å². The van der Waals surface area contributed by atoms with Crippen molar-refractivity contribution in [3.63, 3.8) is 0 Å². The van der Waals surface area contributed by atoms with Crippen LogP contribution in [0.1, 0.15) is 44.9 Å². The summed E-state index contributed by atoms with van der Waals surface area (Å²) in [6.45, 7) is 0.169. The predicted molar refractivity (Wildman–Crippen MR) is 65.0 cm³/mol. The maximum absolute atomic E-state index is 12.1. The number of carboxylic acid groups (broad SMARTS) is 1. The van der Waals surface area contributed by atoms with Gasteiger partial charge in [0.15, 0.2) is 0 Å². The fourth-order valence-electron chi connectivity index (χ4n) is 3.08. The lowest BCUT2D eigenvalue weighted by Gasteiger charge is -2.26. The molecule has 2 aliphatic rings. The fourth-order valence-corrected chi connectivity index (χ4v) is 3.08. The molecule has 1 saturated carbocycles. The Kier molecular flexibility index (Phi) is 4.22. The van der Waals surface area contributed by atoms with Crippen LogP contribution in [0.2, 0.25) is 0 Å². The van der Waals surface area contributed by atoms with Crippen molar-refractivity contribution in [2.24, 2.45) is 5.92 Å². The molecule has 102 valence electrons. The summed E-state index contributed by atoms with van der Waals surface area (Å²) in [5.41, 5.74) is 0. The molecular weight excluding hydrogens is 234 g/mol. The average Bonchev–Trinajstić information content (AvgIpc) is 2.73. The highest BCUT2D eigenvalue weighted by Crippen LogP contribution is 2.28. The normalized spacial score (nSPS) is 29.5. The lowest BCUT2D eigenvalue weighted by atomic mass is 9.86. The molecule has 1 saturated heterocycles. The number of hydrogen-bond acceptors (Lipinski definition) is 3. The van der Waals surface area contributed by atoms with E-state index in [0.29, 0.717) is 12.3 Å². The second-order valence-electron chi connectivity index (χ2n) is 5.50. The minimum Gasteiger partial charge on any atom is -0.480 e. The lowest BCUT2D eigenvalue weighted by Crippen LogP contribution is -2.41. The molecule has 2 rings (SSSR count). The molecule has 0 aromatic heterocycles. The highest BCUT2D eigenvalue weighted by atomic mass is 16.4. The molecule has 2 N–H and O–H groups in total. The second-order valence-corrected chi connectivity index (χ2v) is 5.50. The van der Waals surface area contributed by atoms with Crippen LogP contribution in [0.3, 0.4) is 0 Å². The van der Waals surface area contributed by atoms with Gasteiger partial charge in [-0.2, -0.15) is 0 Å². The molecule has 0 radical (unpaired) electrons. The molecule has 0 spiro atoms. The predicted octanol–water partition coefficient (Wildman–Crippen LogP) is 1.00. The SMILES string of the molecule is O=C(O)[C@H]1C[C@@H](O)CN1C(=O)CC1CCCCC1. The van der Waals surface area contributed by atoms with Crippen LogP contribution in [-0.4, -0.2) is 45.7 Å². The quantitative estimate of drug-likeness (QED) is 0.788. The smallest absolute Gasteiger partial charge is 0.326 e. The zero-order chi connectivity index (χ0) is 13.1. The van der Waals surface area contributed by atoms with Crippen molar-refractivity contribution in [1.29, 1.82) is 0 Å². The van der Waals surface area contributed by atoms with E-state index in [1.807, 2.05) is 0 Å². The zero-order valence-electron chi connectivity index (χ0n) is 10.5. The van der Waals surface area contributed by atoms with Crippen LogP contribution in [0.5, 0.6) is 0 Å². The molecule has 0 unspecified atom stereocenters. The van der Waals surface area contributed by atoms with Crippen molar-refractivity contribution >= 4 is 11.9 Å². The third-order valence-electron chi connectivity index (χ3n) is 4.07. The number of aliphatic hydroxyl groups excluding tert-OH is 1. The summed E-state index contributed by atoms with van der Waals surface area (Å²) >= 11 is 0. The van der Waals surface area contributed by atoms with Crippen LogP contribution in [0.15, 0.2) is 0 Å². The van der Waals surface area contributed by atoms with Gasteiger partial charge in [-0.15, -0.1) is 0 Å². The first-order valence-corrected chi connectivity index (χ1v) is 6.78. The van der Waals surface area contributed by atoms with Gasteiger partial charge < -0.3 is 15.1 Å². The molecule has 1 amide bonds. The van der Waals surface area contributed by atoms with Crippen LogP contribution in [0, 0.1) is 5.92 Å². The summed E-state index contributed by atoms with van der Waals surface area (Å²) in [6, 6.07) is -0.837. The summed E-state index contributed by atoms with van der Waals surface area (Å²) in [5, 5.41) is 18.6. The zero-order valence-corrected chi connectivity index (χ0v) is 10.5. The first-order valence-electron chi connectivity index (χ1n) is 6.78. The van der Waals surface area contributed by atoms with Crippen LogP contribution in [0.4, 0.5) is 0 Å². The Labute approximate surface area is 107 Å². The number of hydrogen-bond donors (Lipinski definition) is 2. The number of aliphatic carboxylic acids is 1.